The molecule has 0 spiro atoms. The van der Waals surface area contributed by atoms with Crippen molar-refractivity contribution in [1.82, 2.24) is 0 Å². The summed E-state index contributed by atoms with van der Waals surface area (Å²) in [6.45, 7) is 30.2. The van der Waals surface area contributed by atoms with E-state index < -0.39 is 0 Å². The molecule has 0 unspecified atom stereocenters. The number of aryl methyl sites for hydroxylation is 2. The van der Waals surface area contributed by atoms with Crippen LogP contribution in [0.15, 0.2) is 55.6 Å². The first-order valence-corrected chi connectivity index (χ1v) is 18.0. The summed E-state index contributed by atoms with van der Waals surface area (Å²) in [5, 5.41) is 1.30. The molecule has 0 nitrogen and oxygen atoms in total. The second-order valence-corrected chi connectivity index (χ2v) is 14.8. The lowest BCUT2D eigenvalue weighted by Crippen LogP contribution is -2.19. The van der Waals surface area contributed by atoms with Gasteiger partial charge in [-0.3, -0.25) is 0 Å². The van der Waals surface area contributed by atoms with Gasteiger partial charge in [0.05, 0.1) is 0 Å². The highest BCUT2D eigenvalue weighted by Gasteiger charge is 2.14. The molecule has 3 aromatic rings. The molecule has 1 heterocycles. The lowest BCUT2D eigenvalue weighted by Gasteiger charge is -2.22. The van der Waals surface area contributed by atoms with Crippen LogP contribution in [0.4, 0.5) is 0 Å². The molecule has 0 aliphatic heterocycles. The Morgan fingerprint density at radius 2 is 1.45 bits per heavy atom. The normalized spacial score (nSPS) is 17.3. The Labute approximate surface area is 275 Å². The molecule has 2 aromatic carbocycles. The Hall–Kier alpha value is -2.64. The Balaban J connectivity index is 0.000000254. The zero-order valence-electron chi connectivity index (χ0n) is 29.9. The van der Waals surface area contributed by atoms with E-state index in [0.717, 1.165) is 30.3 Å². The molecule has 0 amide bonds. The minimum Gasteiger partial charge on any atom is -0.135 e. The second kappa shape index (κ2) is 18.4. The van der Waals surface area contributed by atoms with Gasteiger partial charge in [0.2, 0.25) is 0 Å². The lowest BCUT2D eigenvalue weighted by atomic mass is 9.84. The first kappa shape index (κ1) is 37.5. The van der Waals surface area contributed by atoms with E-state index in [-0.39, 0.29) is 5.41 Å². The van der Waals surface area contributed by atoms with Crippen LogP contribution in [0.5, 0.6) is 0 Å². The molecule has 4 rings (SSSR count). The smallest absolute Gasteiger partial charge is 0.0378 e. The first-order valence-electron chi connectivity index (χ1n) is 17.2. The van der Waals surface area contributed by atoms with Crippen LogP contribution in [0.3, 0.4) is 0 Å². The Bertz CT molecular complexity index is 1420. The summed E-state index contributed by atoms with van der Waals surface area (Å²) >= 11 is 1.81. The van der Waals surface area contributed by atoms with Crippen LogP contribution in [0.1, 0.15) is 135 Å². The van der Waals surface area contributed by atoms with Gasteiger partial charge in [0, 0.05) is 9.41 Å². The third kappa shape index (κ3) is 11.1. The fraction of sp³-hybridized carbons (Fsp3) is 0.488. The topological polar surface area (TPSA) is 0 Å². The van der Waals surface area contributed by atoms with E-state index in [2.05, 4.69) is 130 Å². The Kier molecular flexibility index (Phi) is 15.7. The van der Waals surface area contributed by atoms with Gasteiger partial charge in [-0.2, -0.15) is 0 Å². The molecule has 240 valence electrons. The Morgan fingerprint density at radius 3 is 1.89 bits per heavy atom. The largest absolute Gasteiger partial charge is 0.135 e. The lowest BCUT2D eigenvalue weighted by molar-refractivity contribution is 0.308. The molecule has 1 fully saturated rings. The highest BCUT2D eigenvalue weighted by atomic mass is 32.1. The van der Waals surface area contributed by atoms with Crippen molar-refractivity contribution < 1.29 is 0 Å². The highest BCUT2D eigenvalue weighted by molar-refractivity contribution is 7.11. The maximum atomic E-state index is 4.02. The molecule has 0 saturated heterocycles. The van der Waals surface area contributed by atoms with Crippen LogP contribution in [-0.2, 0) is 18.3 Å². The van der Waals surface area contributed by atoms with Gasteiger partial charge in [0.25, 0.3) is 0 Å². The summed E-state index contributed by atoms with van der Waals surface area (Å²) < 4.78 is 1.34. The van der Waals surface area contributed by atoms with Crippen molar-refractivity contribution in [3.63, 3.8) is 0 Å². The maximum Gasteiger partial charge on any atom is 0.0378 e. The molecule has 1 heteroatoms. The third-order valence-corrected chi connectivity index (χ3v) is 10.2. The molecule has 0 N–H and O–H groups in total. The van der Waals surface area contributed by atoms with Crippen molar-refractivity contribution in [3.8, 4) is 11.1 Å². The molecular formula is C43H62S. The molecule has 0 radical (unpaired) electrons. The number of rotatable bonds is 7. The van der Waals surface area contributed by atoms with Gasteiger partial charge in [-0.15, -0.1) is 11.3 Å². The van der Waals surface area contributed by atoms with Gasteiger partial charge in [0.1, 0.15) is 0 Å². The summed E-state index contributed by atoms with van der Waals surface area (Å²) in [5.74, 6) is 2.04. The van der Waals surface area contributed by atoms with Gasteiger partial charge in [-0.1, -0.05) is 161 Å². The summed E-state index contributed by atoms with van der Waals surface area (Å²) in [6.07, 6.45) is 16.8. The monoisotopic (exact) mass is 610 g/mol. The standard InChI is InChI=1S/C21H28.C14H18S.C8H16/c1-6-8-17-9-10-19(15-16(17)7-2)18-11-13-20(14-12-18)21(3,4)5;1-6-9-13-11(7-2)12(8-3)14(15-13)10(4)5;1-7-3-5-8(2)6-4-7/h9-15H,6-8H2,1-5H3;7-9H,3-4,6H2,1-2,5H3;7-8H,3-6H2,1-2H3/b;11-7-,13-9+;. The molecule has 1 saturated carbocycles. The summed E-state index contributed by atoms with van der Waals surface area (Å²) in [6, 6.07) is 16.0. The molecule has 1 aliphatic carbocycles. The predicted molar refractivity (Wildman–Crippen MR) is 204 cm³/mol. The molecule has 1 aromatic heterocycles. The fourth-order valence-electron chi connectivity index (χ4n) is 5.87. The van der Waals surface area contributed by atoms with Crippen LogP contribution in [-0.4, -0.2) is 0 Å². The molecule has 1 aliphatic rings. The number of hydrogen-bond donors (Lipinski definition) is 0. The summed E-state index contributed by atoms with van der Waals surface area (Å²) in [7, 11) is 0. The van der Waals surface area contributed by atoms with E-state index in [0.29, 0.717) is 0 Å². The van der Waals surface area contributed by atoms with Gasteiger partial charge < -0.3 is 0 Å². The number of hydrogen-bond acceptors (Lipinski definition) is 1. The zero-order chi connectivity index (χ0) is 32.9. The van der Waals surface area contributed by atoms with Crippen LogP contribution >= 0.6 is 11.3 Å². The van der Waals surface area contributed by atoms with Gasteiger partial charge in [0.15, 0.2) is 0 Å². The predicted octanol–water partition coefficient (Wildman–Crippen LogP) is 12.4. The Morgan fingerprint density at radius 1 is 0.886 bits per heavy atom. The first-order chi connectivity index (χ1) is 20.9. The maximum absolute atomic E-state index is 4.02. The van der Waals surface area contributed by atoms with Crippen LogP contribution < -0.4 is 9.75 Å². The minimum atomic E-state index is 0.220. The van der Waals surface area contributed by atoms with Crippen LogP contribution in [0, 0.1) is 11.8 Å². The van der Waals surface area contributed by atoms with Crippen molar-refractivity contribution in [2.24, 2.45) is 11.8 Å². The number of benzene rings is 2. The van der Waals surface area contributed by atoms with E-state index >= 15 is 0 Å². The van der Waals surface area contributed by atoms with Gasteiger partial charge in [-0.25, -0.2) is 0 Å². The molecule has 0 bridgehead atoms. The number of allylic oxidation sites excluding steroid dienone is 1. The van der Waals surface area contributed by atoms with E-state index in [4.69, 9.17) is 0 Å². The molecule has 44 heavy (non-hydrogen) atoms. The number of thiophene rings is 1. The minimum absolute atomic E-state index is 0.220. The fourth-order valence-corrected chi connectivity index (χ4v) is 7.15. The van der Waals surface area contributed by atoms with Crippen molar-refractivity contribution in [2.45, 2.75) is 126 Å². The van der Waals surface area contributed by atoms with Crippen molar-refractivity contribution in [2.75, 3.05) is 0 Å². The summed E-state index contributed by atoms with van der Waals surface area (Å²) in [4.78, 5) is 1.26. The quantitative estimate of drug-likeness (QED) is 0.250. The van der Waals surface area contributed by atoms with E-state index in [1.807, 2.05) is 24.3 Å². The van der Waals surface area contributed by atoms with Crippen LogP contribution in [0.2, 0.25) is 0 Å². The van der Waals surface area contributed by atoms with E-state index in [1.54, 1.807) is 0 Å². The average Bonchev–Trinajstić information content (AvgIpc) is 3.37. The van der Waals surface area contributed by atoms with Gasteiger partial charge >= 0.3 is 0 Å². The molecule has 0 atom stereocenters. The van der Waals surface area contributed by atoms with Crippen molar-refractivity contribution in [3.05, 3.63) is 92.5 Å². The van der Waals surface area contributed by atoms with Crippen LogP contribution in [0.25, 0.3) is 34.9 Å². The van der Waals surface area contributed by atoms with E-state index in [9.17, 15) is 0 Å². The third-order valence-electron chi connectivity index (χ3n) is 8.78. The molecular weight excluding hydrogens is 549 g/mol. The van der Waals surface area contributed by atoms with Crippen molar-refractivity contribution >= 4 is 35.1 Å². The highest BCUT2D eigenvalue weighted by Crippen LogP contribution is 2.29. The average molecular weight is 611 g/mol. The van der Waals surface area contributed by atoms with Crippen molar-refractivity contribution in [1.29, 1.82) is 0 Å². The SMILES string of the molecule is C=Cc1c(C(=C)C)sc(=C/CC)/c1=C\C.CC1CCC(C)CC1.CCCc1ccc(-c2ccc(C(C)(C)C)cc2)cc1CC. The second-order valence-electron chi connectivity index (χ2n) is 13.8. The zero-order valence-corrected chi connectivity index (χ0v) is 30.7. The summed E-state index contributed by atoms with van der Waals surface area (Å²) in [5.41, 5.74) is 9.63. The van der Waals surface area contributed by atoms with Gasteiger partial charge in [-0.05, 0) is 94.5 Å². The van der Waals surface area contributed by atoms with E-state index in [1.165, 1.54) is 86.5 Å².